The van der Waals surface area contributed by atoms with Crippen molar-refractivity contribution in [2.24, 2.45) is 0 Å². The van der Waals surface area contributed by atoms with Gasteiger partial charge in [0.15, 0.2) is 5.76 Å². The molecule has 8 heteroatoms. The van der Waals surface area contributed by atoms with E-state index < -0.39 is 0 Å². The van der Waals surface area contributed by atoms with Crippen LogP contribution in [-0.4, -0.2) is 42.0 Å². The maximum atomic E-state index is 13.4. The van der Waals surface area contributed by atoms with Gasteiger partial charge in [-0.15, -0.1) is 0 Å². The van der Waals surface area contributed by atoms with E-state index in [0.29, 0.717) is 45.2 Å². The molecule has 0 spiro atoms. The average molecular weight is 527 g/mol. The van der Waals surface area contributed by atoms with Crippen molar-refractivity contribution in [1.29, 1.82) is 0 Å². The fraction of sp³-hybridized carbons (Fsp3) is 0.185. The molecule has 1 aromatic heterocycles. The molecule has 3 aromatic carbocycles. The molecule has 178 valence electrons. The molecule has 0 radical (unpaired) electrons. The van der Waals surface area contributed by atoms with Crippen molar-refractivity contribution >= 4 is 46.4 Å². The molecular formula is C27H22Cl3N3O2. The Morgan fingerprint density at radius 2 is 1.60 bits per heavy atom. The van der Waals surface area contributed by atoms with Gasteiger partial charge in [0.05, 0.1) is 5.02 Å². The van der Waals surface area contributed by atoms with Gasteiger partial charge in [0.1, 0.15) is 5.69 Å². The Bertz CT molecular complexity index is 1380. The summed E-state index contributed by atoms with van der Waals surface area (Å²) in [4.78, 5) is 22.1. The summed E-state index contributed by atoms with van der Waals surface area (Å²) >= 11 is 18.6. The number of amides is 1. The maximum absolute atomic E-state index is 13.4. The van der Waals surface area contributed by atoms with Gasteiger partial charge >= 0.3 is 5.91 Å². The number of hydrogen-bond acceptors (Lipinski definition) is 4. The number of aromatic nitrogens is 1. The van der Waals surface area contributed by atoms with Crippen LogP contribution < -0.4 is 4.90 Å². The highest BCUT2D eigenvalue weighted by Gasteiger charge is 2.28. The Morgan fingerprint density at radius 3 is 2.29 bits per heavy atom. The molecule has 0 atom stereocenters. The Kier molecular flexibility index (Phi) is 6.74. The third-order valence-electron chi connectivity index (χ3n) is 6.04. The first-order valence-corrected chi connectivity index (χ1v) is 12.4. The summed E-state index contributed by atoms with van der Waals surface area (Å²) < 4.78 is 6.07. The minimum absolute atomic E-state index is 0.0278. The largest absolute Gasteiger partial charge is 0.432 e. The van der Waals surface area contributed by atoms with Gasteiger partial charge in [0, 0.05) is 53.0 Å². The molecule has 1 aliphatic heterocycles. The zero-order valence-electron chi connectivity index (χ0n) is 19.0. The predicted molar refractivity (Wildman–Crippen MR) is 142 cm³/mol. The molecule has 5 rings (SSSR count). The number of carbonyl (C=O) groups excluding carboxylic acids is 1. The van der Waals surface area contributed by atoms with Gasteiger partial charge in [-0.2, -0.15) is 0 Å². The second-order valence-corrected chi connectivity index (χ2v) is 9.73. The molecule has 0 aliphatic carbocycles. The van der Waals surface area contributed by atoms with Crippen LogP contribution in [0, 0.1) is 6.92 Å². The van der Waals surface area contributed by atoms with Crippen LogP contribution in [0.4, 0.5) is 5.69 Å². The third kappa shape index (κ3) is 5.03. The van der Waals surface area contributed by atoms with E-state index in [-0.39, 0.29) is 11.8 Å². The van der Waals surface area contributed by atoms with E-state index in [4.69, 9.17) is 39.2 Å². The van der Waals surface area contributed by atoms with Gasteiger partial charge in [0.2, 0.25) is 0 Å². The molecule has 2 heterocycles. The lowest BCUT2D eigenvalue weighted by Crippen LogP contribution is -2.48. The van der Waals surface area contributed by atoms with Crippen molar-refractivity contribution < 1.29 is 9.21 Å². The molecule has 4 aromatic rings. The van der Waals surface area contributed by atoms with E-state index in [1.165, 1.54) is 5.56 Å². The van der Waals surface area contributed by atoms with Gasteiger partial charge in [-0.05, 0) is 67.1 Å². The third-order valence-corrected chi connectivity index (χ3v) is 6.84. The Balaban J connectivity index is 1.44. The zero-order chi connectivity index (χ0) is 24.5. The van der Waals surface area contributed by atoms with Crippen LogP contribution in [0.5, 0.6) is 0 Å². The molecule has 5 nitrogen and oxygen atoms in total. The summed E-state index contributed by atoms with van der Waals surface area (Å²) in [5.74, 6) is 0.230. The standard InChI is InChI=1S/C27H22Cl3N3O2/c1-17-3-2-4-21(15-17)32-11-13-33(14-12-32)27(34)26-31-24(22-10-9-20(29)16-23(22)30)25(35-26)18-5-7-19(28)8-6-18/h2-10,15-16H,11-14H2,1H3. The van der Waals surface area contributed by atoms with Crippen LogP contribution >= 0.6 is 34.8 Å². The van der Waals surface area contributed by atoms with Gasteiger partial charge < -0.3 is 14.2 Å². The first-order valence-electron chi connectivity index (χ1n) is 11.2. The van der Waals surface area contributed by atoms with Crippen LogP contribution in [-0.2, 0) is 0 Å². The highest BCUT2D eigenvalue weighted by Crippen LogP contribution is 2.38. The van der Waals surface area contributed by atoms with Crippen molar-refractivity contribution in [3.8, 4) is 22.6 Å². The highest BCUT2D eigenvalue weighted by molar-refractivity contribution is 6.36. The van der Waals surface area contributed by atoms with Crippen molar-refractivity contribution in [3.05, 3.63) is 93.3 Å². The fourth-order valence-electron chi connectivity index (χ4n) is 4.20. The Hall–Kier alpha value is -2.99. The van der Waals surface area contributed by atoms with Crippen LogP contribution in [0.1, 0.15) is 16.2 Å². The number of carbonyl (C=O) groups is 1. The predicted octanol–water partition coefficient (Wildman–Crippen LogP) is 7.24. The number of oxazole rings is 1. The summed E-state index contributed by atoms with van der Waals surface area (Å²) in [5.41, 5.74) is 4.23. The summed E-state index contributed by atoms with van der Waals surface area (Å²) in [6.07, 6.45) is 0. The van der Waals surface area contributed by atoms with E-state index in [0.717, 1.165) is 24.3 Å². The monoisotopic (exact) mass is 525 g/mol. The van der Waals surface area contributed by atoms with Crippen molar-refractivity contribution in [1.82, 2.24) is 9.88 Å². The first kappa shape index (κ1) is 23.7. The van der Waals surface area contributed by atoms with Crippen LogP contribution in [0.25, 0.3) is 22.6 Å². The Morgan fingerprint density at radius 1 is 0.886 bits per heavy atom. The molecule has 0 bridgehead atoms. The molecule has 1 fully saturated rings. The second-order valence-electron chi connectivity index (χ2n) is 8.45. The smallest absolute Gasteiger partial charge is 0.309 e. The summed E-state index contributed by atoms with van der Waals surface area (Å²) in [7, 11) is 0. The molecule has 0 saturated carbocycles. The van der Waals surface area contributed by atoms with Crippen molar-refractivity contribution in [2.45, 2.75) is 6.92 Å². The zero-order valence-corrected chi connectivity index (χ0v) is 21.2. The number of anilines is 1. The number of piperazine rings is 1. The van der Waals surface area contributed by atoms with Gasteiger partial charge in [-0.25, -0.2) is 4.98 Å². The van der Waals surface area contributed by atoms with E-state index in [9.17, 15) is 4.79 Å². The van der Waals surface area contributed by atoms with Gasteiger partial charge in [-0.1, -0.05) is 46.9 Å². The second kappa shape index (κ2) is 9.94. The number of hydrogen-bond donors (Lipinski definition) is 0. The first-order chi connectivity index (χ1) is 16.9. The van der Waals surface area contributed by atoms with Crippen LogP contribution in [0.2, 0.25) is 15.1 Å². The minimum Gasteiger partial charge on any atom is -0.432 e. The van der Waals surface area contributed by atoms with E-state index >= 15 is 0 Å². The van der Waals surface area contributed by atoms with E-state index in [1.807, 2.05) is 12.1 Å². The molecule has 1 aliphatic rings. The topological polar surface area (TPSA) is 49.6 Å². The molecule has 1 amide bonds. The Labute approximate surface area is 218 Å². The average Bonchev–Trinajstić information content (AvgIpc) is 3.29. The lowest BCUT2D eigenvalue weighted by molar-refractivity contribution is 0.0707. The molecule has 0 N–H and O–H groups in total. The van der Waals surface area contributed by atoms with Gasteiger partial charge in [-0.3, -0.25) is 4.79 Å². The summed E-state index contributed by atoms with van der Waals surface area (Å²) in [6.45, 7) is 4.69. The fourth-order valence-corrected chi connectivity index (χ4v) is 4.82. The molecule has 1 saturated heterocycles. The van der Waals surface area contributed by atoms with Crippen LogP contribution in [0.3, 0.4) is 0 Å². The quantitative estimate of drug-likeness (QED) is 0.281. The molecular weight excluding hydrogens is 505 g/mol. The van der Waals surface area contributed by atoms with E-state index in [2.05, 4.69) is 41.1 Å². The SMILES string of the molecule is Cc1cccc(N2CCN(C(=O)c3nc(-c4ccc(Cl)cc4Cl)c(-c4ccc(Cl)cc4)o3)CC2)c1. The number of halogens is 3. The molecule has 0 unspecified atom stereocenters. The van der Waals surface area contributed by atoms with Crippen molar-refractivity contribution in [2.75, 3.05) is 31.1 Å². The summed E-state index contributed by atoms with van der Waals surface area (Å²) in [6, 6.07) is 20.7. The lowest BCUT2D eigenvalue weighted by Gasteiger charge is -2.35. The number of benzene rings is 3. The van der Waals surface area contributed by atoms with Crippen molar-refractivity contribution in [3.63, 3.8) is 0 Å². The van der Waals surface area contributed by atoms with Crippen LogP contribution in [0.15, 0.2) is 71.1 Å². The lowest BCUT2D eigenvalue weighted by atomic mass is 10.1. The number of nitrogens with zero attached hydrogens (tertiary/aromatic N) is 3. The van der Waals surface area contributed by atoms with Gasteiger partial charge in [0.25, 0.3) is 5.89 Å². The molecule has 35 heavy (non-hydrogen) atoms. The minimum atomic E-state index is -0.250. The normalized spacial score (nSPS) is 13.8. The maximum Gasteiger partial charge on any atom is 0.309 e. The van der Waals surface area contributed by atoms with E-state index in [1.54, 1.807) is 35.2 Å². The number of rotatable bonds is 4. The highest BCUT2D eigenvalue weighted by atomic mass is 35.5. The summed E-state index contributed by atoms with van der Waals surface area (Å²) in [5, 5.41) is 1.53. The number of aryl methyl sites for hydroxylation is 1.